The molecule has 7 nitrogen and oxygen atoms in total. The first kappa shape index (κ1) is 23.5. The highest BCUT2D eigenvalue weighted by Crippen LogP contribution is 2.39. The number of hydrogen-bond acceptors (Lipinski definition) is 6. The second-order valence-corrected chi connectivity index (χ2v) is 9.04. The van der Waals surface area contributed by atoms with E-state index in [4.69, 9.17) is 13.9 Å². The number of carbonyl (C=O) groups is 1. The van der Waals surface area contributed by atoms with E-state index in [1.807, 2.05) is 44.2 Å². The van der Waals surface area contributed by atoms with E-state index in [9.17, 15) is 14.7 Å². The Bertz CT molecular complexity index is 1540. The van der Waals surface area contributed by atoms with Crippen LogP contribution in [-0.2, 0) is 6.42 Å². The number of hydrogen-bond donors (Lipinski definition) is 1. The number of aromatic hydroxyl groups is 1. The fourth-order valence-electron chi connectivity index (χ4n) is 4.80. The van der Waals surface area contributed by atoms with Crippen LogP contribution >= 0.6 is 0 Å². The molecule has 1 aromatic heterocycles. The summed E-state index contributed by atoms with van der Waals surface area (Å²) in [7, 11) is 3.16. The first-order chi connectivity index (χ1) is 17.3. The van der Waals surface area contributed by atoms with Gasteiger partial charge in [0.25, 0.3) is 5.91 Å². The van der Waals surface area contributed by atoms with E-state index in [1.54, 1.807) is 43.4 Å². The van der Waals surface area contributed by atoms with Crippen molar-refractivity contribution in [1.82, 2.24) is 4.90 Å². The van der Waals surface area contributed by atoms with E-state index < -0.39 is 6.04 Å². The third-order valence-electron chi connectivity index (χ3n) is 6.88. The van der Waals surface area contributed by atoms with Gasteiger partial charge in [-0.2, -0.15) is 0 Å². The number of amides is 1. The first-order valence-corrected chi connectivity index (χ1v) is 11.7. The number of benzene rings is 3. The van der Waals surface area contributed by atoms with E-state index in [2.05, 4.69) is 0 Å². The molecule has 1 N–H and O–H groups in total. The molecule has 1 atom stereocenters. The lowest BCUT2D eigenvalue weighted by atomic mass is 9.97. The minimum absolute atomic E-state index is 0.0705. The van der Waals surface area contributed by atoms with Crippen molar-refractivity contribution in [2.75, 3.05) is 20.8 Å². The zero-order valence-corrected chi connectivity index (χ0v) is 20.6. The maximum absolute atomic E-state index is 13.7. The summed E-state index contributed by atoms with van der Waals surface area (Å²) in [5.74, 6) is 1.08. The standard InChI is InChI=1S/C29H27NO6/c1-16-13-21-23(14-17(16)2)36-28-25(27(21)32)26(19-6-8-20(31)9-7-19)30(29(28)33)12-11-18-5-10-22(34-3)24(15-18)35-4/h5-10,13-15,26,31H,11-12H2,1-4H3. The van der Waals surface area contributed by atoms with Gasteiger partial charge >= 0.3 is 0 Å². The van der Waals surface area contributed by atoms with Crippen molar-refractivity contribution in [2.24, 2.45) is 0 Å². The largest absolute Gasteiger partial charge is 0.508 e. The smallest absolute Gasteiger partial charge is 0.290 e. The van der Waals surface area contributed by atoms with Gasteiger partial charge in [0.2, 0.25) is 5.76 Å². The van der Waals surface area contributed by atoms with Gasteiger partial charge in [-0.25, -0.2) is 0 Å². The molecule has 3 aromatic carbocycles. The summed E-state index contributed by atoms with van der Waals surface area (Å²) >= 11 is 0. The predicted octanol–water partition coefficient (Wildman–Crippen LogP) is 4.92. The molecule has 1 amide bonds. The molecule has 7 heteroatoms. The fraction of sp³-hybridized carbons (Fsp3) is 0.241. The number of ether oxygens (including phenoxy) is 2. The summed E-state index contributed by atoms with van der Waals surface area (Å²) in [6, 6.07) is 15.2. The fourth-order valence-corrected chi connectivity index (χ4v) is 4.80. The molecule has 36 heavy (non-hydrogen) atoms. The van der Waals surface area contributed by atoms with Gasteiger partial charge in [-0.3, -0.25) is 9.59 Å². The Labute approximate surface area is 208 Å². The van der Waals surface area contributed by atoms with Gasteiger partial charge in [0, 0.05) is 6.54 Å². The number of carbonyl (C=O) groups excluding carboxylic acids is 1. The third kappa shape index (κ3) is 3.86. The van der Waals surface area contributed by atoms with Crippen molar-refractivity contribution in [3.8, 4) is 17.2 Å². The molecule has 1 aliphatic rings. The molecule has 1 unspecified atom stereocenters. The molecule has 0 saturated carbocycles. The van der Waals surface area contributed by atoms with Gasteiger partial charge in [0.15, 0.2) is 16.9 Å². The van der Waals surface area contributed by atoms with Crippen LogP contribution < -0.4 is 14.9 Å². The van der Waals surface area contributed by atoms with Crippen LogP contribution in [-0.4, -0.2) is 36.7 Å². The maximum atomic E-state index is 13.7. The average molecular weight is 486 g/mol. The van der Waals surface area contributed by atoms with Crippen LogP contribution in [0.2, 0.25) is 0 Å². The van der Waals surface area contributed by atoms with Crippen LogP contribution in [0.15, 0.2) is 63.8 Å². The Morgan fingerprint density at radius 2 is 1.61 bits per heavy atom. The van der Waals surface area contributed by atoms with E-state index in [1.165, 1.54) is 0 Å². The third-order valence-corrected chi connectivity index (χ3v) is 6.88. The van der Waals surface area contributed by atoms with Gasteiger partial charge in [0.05, 0.1) is 31.2 Å². The zero-order chi connectivity index (χ0) is 25.6. The van der Waals surface area contributed by atoms with Crippen LogP contribution in [0.3, 0.4) is 0 Å². The van der Waals surface area contributed by atoms with E-state index >= 15 is 0 Å². The SMILES string of the molecule is COc1ccc(CCN2C(=O)c3oc4cc(C)c(C)cc4c(=O)c3C2c2ccc(O)cc2)cc1OC. The zero-order valence-electron chi connectivity index (χ0n) is 20.6. The Morgan fingerprint density at radius 1 is 0.917 bits per heavy atom. The Kier molecular flexibility index (Phi) is 5.92. The summed E-state index contributed by atoms with van der Waals surface area (Å²) in [6.45, 7) is 4.23. The van der Waals surface area contributed by atoms with Gasteiger partial charge in [-0.05, 0) is 78.9 Å². The summed E-state index contributed by atoms with van der Waals surface area (Å²) in [6.07, 6.45) is 0.528. The summed E-state index contributed by atoms with van der Waals surface area (Å²) in [5.41, 5.74) is 4.16. The normalized spacial score (nSPS) is 14.8. The maximum Gasteiger partial charge on any atom is 0.290 e. The van der Waals surface area contributed by atoms with Crippen molar-refractivity contribution in [3.05, 3.63) is 98.4 Å². The number of nitrogens with zero attached hydrogens (tertiary/aromatic N) is 1. The van der Waals surface area contributed by atoms with Gasteiger partial charge in [-0.15, -0.1) is 0 Å². The minimum Gasteiger partial charge on any atom is -0.508 e. The second-order valence-electron chi connectivity index (χ2n) is 9.04. The average Bonchev–Trinajstić information content (AvgIpc) is 3.16. The molecule has 0 spiro atoms. The Balaban J connectivity index is 1.60. The van der Waals surface area contributed by atoms with Crippen molar-refractivity contribution in [3.63, 3.8) is 0 Å². The molecular formula is C29H27NO6. The van der Waals surface area contributed by atoms with Crippen molar-refractivity contribution in [1.29, 1.82) is 0 Å². The van der Waals surface area contributed by atoms with Crippen LogP contribution in [0.25, 0.3) is 11.0 Å². The summed E-state index contributed by atoms with van der Waals surface area (Å²) < 4.78 is 16.8. The van der Waals surface area contributed by atoms with Crippen molar-refractivity contribution < 1.29 is 23.8 Å². The van der Waals surface area contributed by atoms with Crippen molar-refractivity contribution >= 4 is 16.9 Å². The molecule has 5 rings (SSSR count). The number of aryl methyl sites for hydroxylation is 2. The first-order valence-electron chi connectivity index (χ1n) is 11.7. The number of rotatable bonds is 6. The highest BCUT2D eigenvalue weighted by Gasteiger charge is 2.42. The number of fused-ring (bicyclic) bond motifs is 2. The molecule has 4 aromatic rings. The lowest BCUT2D eigenvalue weighted by Crippen LogP contribution is -2.31. The lowest BCUT2D eigenvalue weighted by Gasteiger charge is -2.25. The highest BCUT2D eigenvalue weighted by atomic mass is 16.5. The van der Waals surface area contributed by atoms with Crippen LogP contribution in [0.1, 0.15) is 44.4 Å². The Morgan fingerprint density at radius 3 is 2.31 bits per heavy atom. The van der Waals surface area contributed by atoms with E-state index in [-0.39, 0.29) is 22.8 Å². The highest BCUT2D eigenvalue weighted by molar-refractivity contribution is 5.99. The Hall–Kier alpha value is -4.26. The molecule has 0 radical (unpaired) electrons. The molecule has 0 aliphatic carbocycles. The van der Waals surface area contributed by atoms with E-state index in [0.29, 0.717) is 41.0 Å². The van der Waals surface area contributed by atoms with Gasteiger partial charge < -0.3 is 23.9 Å². The molecule has 184 valence electrons. The monoisotopic (exact) mass is 485 g/mol. The lowest BCUT2D eigenvalue weighted by molar-refractivity contribution is 0.0730. The predicted molar refractivity (Wildman–Crippen MR) is 136 cm³/mol. The molecule has 1 aliphatic heterocycles. The summed E-state index contributed by atoms with van der Waals surface area (Å²) in [4.78, 5) is 29.0. The van der Waals surface area contributed by atoms with Gasteiger partial charge in [-0.1, -0.05) is 18.2 Å². The minimum atomic E-state index is -0.629. The number of phenolic OH excluding ortho intramolecular Hbond substituents is 1. The van der Waals surface area contributed by atoms with E-state index in [0.717, 1.165) is 22.3 Å². The molecule has 0 saturated heterocycles. The van der Waals surface area contributed by atoms with Crippen LogP contribution in [0.5, 0.6) is 17.2 Å². The number of phenols is 1. The topological polar surface area (TPSA) is 89.2 Å². The quantitative estimate of drug-likeness (QED) is 0.417. The molecular weight excluding hydrogens is 458 g/mol. The van der Waals surface area contributed by atoms with Crippen molar-refractivity contribution in [2.45, 2.75) is 26.3 Å². The second kappa shape index (κ2) is 9.07. The van der Waals surface area contributed by atoms with Crippen LogP contribution in [0, 0.1) is 13.8 Å². The van der Waals surface area contributed by atoms with Gasteiger partial charge in [0.1, 0.15) is 11.3 Å². The molecule has 0 bridgehead atoms. The summed E-state index contributed by atoms with van der Waals surface area (Å²) in [5, 5.41) is 10.3. The number of methoxy groups -OCH3 is 2. The molecule has 0 fully saturated rings. The van der Waals surface area contributed by atoms with Crippen LogP contribution in [0.4, 0.5) is 0 Å². The molecule has 2 heterocycles.